The van der Waals surface area contributed by atoms with E-state index < -0.39 is 22.2 Å². The SMILES string of the molecule is CB(O)c1cc([N+](=O)[O-])c(C(C)(C)C)c([N+](=O)[O-])c1. The lowest BCUT2D eigenvalue weighted by Crippen LogP contribution is -2.29. The van der Waals surface area contributed by atoms with Crippen molar-refractivity contribution in [3.63, 3.8) is 0 Å². The summed E-state index contributed by atoms with van der Waals surface area (Å²) in [4.78, 5) is 20.9. The first kappa shape index (κ1) is 15.1. The maximum Gasteiger partial charge on any atom is 0.320 e. The van der Waals surface area contributed by atoms with Gasteiger partial charge in [-0.25, -0.2) is 0 Å². The van der Waals surface area contributed by atoms with Crippen LogP contribution in [0.3, 0.4) is 0 Å². The van der Waals surface area contributed by atoms with Gasteiger partial charge in [0, 0.05) is 17.5 Å². The van der Waals surface area contributed by atoms with Crippen molar-refractivity contribution in [1.29, 1.82) is 0 Å². The lowest BCUT2D eigenvalue weighted by molar-refractivity contribution is -0.396. The lowest BCUT2D eigenvalue weighted by atomic mass is 9.63. The van der Waals surface area contributed by atoms with E-state index in [4.69, 9.17) is 0 Å². The molecule has 0 aliphatic rings. The van der Waals surface area contributed by atoms with Crippen molar-refractivity contribution < 1.29 is 14.9 Å². The van der Waals surface area contributed by atoms with E-state index in [1.54, 1.807) is 20.8 Å². The molecular weight excluding hydrogens is 251 g/mol. The molecule has 7 nitrogen and oxygen atoms in total. The van der Waals surface area contributed by atoms with Gasteiger partial charge in [0.2, 0.25) is 0 Å². The third-order valence-electron chi connectivity index (χ3n) is 2.74. The number of nitro benzene ring substituents is 2. The van der Waals surface area contributed by atoms with Crippen molar-refractivity contribution in [2.75, 3.05) is 0 Å². The van der Waals surface area contributed by atoms with E-state index in [0.717, 1.165) is 0 Å². The van der Waals surface area contributed by atoms with Crippen LogP contribution >= 0.6 is 0 Å². The van der Waals surface area contributed by atoms with Crippen molar-refractivity contribution >= 4 is 23.8 Å². The summed E-state index contributed by atoms with van der Waals surface area (Å²) in [5, 5.41) is 31.7. The average Bonchev–Trinajstić information content (AvgIpc) is 2.25. The summed E-state index contributed by atoms with van der Waals surface area (Å²) in [6, 6.07) is 2.39. The van der Waals surface area contributed by atoms with E-state index in [2.05, 4.69) is 0 Å². The van der Waals surface area contributed by atoms with Gasteiger partial charge in [-0.3, -0.25) is 20.2 Å². The zero-order chi connectivity index (χ0) is 15.0. The van der Waals surface area contributed by atoms with Gasteiger partial charge < -0.3 is 5.02 Å². The summed E-state index contributed by atoms with van der Waals surface area (Å²) < 4.78 is 0. The zero-order valence-corrected chi connectivity index (χ0v) is 11.2. The molecule has 0 radical (unpaired) electrons. The third kappa shape index (κ3) is 3.08. The Morgan fingerprint density at radius 1 is 1.11 bits per heavy atom. The van der Waals surface area contributed by atoms with Crippen molar-refractivity contribution in [3.8, 4) is 0 Å². The molecule has 0 aliphatic heterocycles. The van der Waals surface area contributed by atoms with Gasteiger partial charge in [-0.1, -0.05) is 27.6 Å². The van der Waals surface area contributed by atoms with Crippen LogP contribution in [0.2, 0.25) is 6.82 Å². The van der Waals surface area contributed by atoms with Gasteiger partial charge >= 0.3 is 6.92 Å². The van der Waals surface area contributed by atoms with Crippen molar-refractivity contribution in [1.82, 2.24) is 0 Å². The van der Waals surface area contributed by atoms with Crippen LogP contribution in [-0.2, 0) is 5.41 Å². The minimum absolute atomic E-state index is 0.0619. The van der Waals surface area contributed by atoms with Crippen LogP contribution in [0.5, 0.6) is 0 Å². The maximum atomic E-state index is 11.1. The van der Waals surface area contributed by atoms with E-state index in [1.165, 1.54) is 19.0 Å². The molecule has 1 aromatic rings. The van der Waals surface area contributed by atoms with Gasteiger partial charge in [0.15, 0.2) is 0 Å². The average molecular weight is 266 g/mol. The smallest absolute Gasteiger partial charge is 0.320 e. The largest absolute Gasteiger partial charge is 0.446 e. The lowest BCUT2D eigenvalue weighted by Gasteiger charge is -2.19. The number of nitro groups is 2. The molecule has 102 valence electrons. The number of rotatable bonds is 3. The summed E-state index contributed by atoms with van der Waals surface area (Å²) in [6.45, 7) is 5.41. The molecular formula is C11H15BN2O5. The first-order valence-electron chi connectivity index (χ1n) is 5.71. The van der Waals surface area contributed by atoms with E-state index in [1.807, 2.05) is 0 Å². The Kier molecular flexibility index (Phi) is 3.95. The Labute approximate surface area is 110 Å². The molecule has 0 aromatic heterocycles. The summed E-state index contributed by atoms with van der Waals surface area (Å²) in [6.07, 6.45) is 0. The van der Waals surface area contributed by atoms with E-state index in [0.29, 0.717) is 0 Å². The highest BCUT2D eigenvalue weighted by molar-refractivity contribution is 6.65. The topological polar surface area (TPSA) is 107 Å². The minimum Gasteiger partial charge on any atom is -0.446 e. The quantitative estimate of drug-likeness (QED) is 0.508. The number of benzene rings is 1. The Morgan fingerprint density at radius 2 is 1.47 bits per heavy atom. The zero-order valence-electron chi connectivity index (χ0n) is 11.2. The van der Waals surface area contributed by atoms with Gasteiger partial charge in [-0.15, -0.1) is 0 Å². The van der Waals surface area contributed by atoms with E-state index in [-0.39, 0.29) is 22.4 Å². The fraction of sp³-hybridized carbons (Fsp3) is 0.455. The molecule has 0 atom stereocenters. The second kappa shape index (κ2) is 4.97. The van der Waals surface area contributed by atoms with Gasteiger partial charge in [0.25, 0.3) is 11.4 Å². The molecule has 0 aliphatic carbocycles. The molecule has 0 fully saturated rings. The number of hydrogen-bond acceptors (Lipinski definition) is 5. The molecule has 1 N–H and O–H groups in total. The normalized spacial score (nSPS) is 11.2. The van der Waals surface area contributed by atoms with Crippen LogP contribution in [0.15, 0.2) is 12.1 Å². The van der Waals surface area contributed by atoms with Gasteiger partial charge in [0.1, 0.15) is 5.56 Å². The fourth-order valence-corrected chi connectivity index (χ4v) is 1.93. The first-order valence-corrected chi connectivity index (χ1v) is 5.71. The second-order valence-corrected chi connectivity index (χ2v) is 5.37. The monoisotopic (exact) mass is 266 g/mol. The van der Waals surface area contributed by atoms with Crippen LogP contribution in [0.25, 0.3) is 0 Å². The Morgan fingerprint density at radius 3 is 1.68 bits per heavy atom. The van der Waals surface area contributed by atoms with Crippen molar-refractivity contribution in [3.05, 3.63) is 37.9 Å². The molecule has 0 unspecified atom stereocenters. The molecule has 0 heterocycles. The molecule has 0 saturated heterocycles. The Bertz CT molecular complexity index is 501. The standard InChI is InChI=1S/C11H15BN2O5/c1-11(2,3)10-8(13(16)17)5-7(12(4)15)6-9(10)14(18)19/h5-6,15H,1-4H3. The summed E-state index contributed by atoms with van der Waals surface area (Å²) in [5.74, 6) is 0. The highest BCUT2D eigenvalue weighted by Gasteiger charge is 2.35. The third-order valence-corrected chi connectivity index (χ3v) is 2.74. The number of nitrogens with zero attached hydrogens (tertiary/aromatic N) is 2. The maximum absolute atomic E-state index is 11.1. The van der Waals surface area contributed by atoms with Gasteiger partial charge in [0.05, 0.1) is 9.85 Å². The highest BCUT2D eigenvalue weighted by atomic mass is 16.6. The van der Waals surface area contributed by atoms with Crippen LogP contribution in [0.4, 0.5) is 11.4 Å². The van der Waals surface area contributed by atoms with Crippen LogP contribution in [-0.4, -0.2) is 21.8 Å². The number of hydrogen-bond donors (Lipinski definition) is 1. The minimum atomic E-state index is -1.01. The molecule has 1 aromatic carbocycles. The van der Waals surface area contributed by atoms with E-state index >= 15 is 0 Å². The molecule has 0 saturated carbocycles. The summed E-state index contributed by atoms with van der Waals surface area (Å²) >= 11 is 0. The molecule has 0 bridgehead atoms. The van der Waals surface area contributed by atoms with E-state index in [9.17, 15) is 25.3 Å². The van der Waals surface area contributed by atoms with Gasteiger partial charge in [-0.2, -0.15) is 0 Å². The van der Waals surface area contributed by atoms with Crippen LogP contribution in [0, 0.1) is 20.2 Å². The van der Waals surface area contributed by atoms with Crippen molar-refractivity contribution in [2.45, 2.75) is 33.0 Å². The van der Waals surface area contributed by atoms with Gasteiger partial charge in [-0.05, 0) is 5.46 Å². The summed E-state index contributed by atoms with van der Waals surface area (Å²) in [7, 11) is 0. The van der Waals surface area contributed by atoms with Crippen LogP contribution in [0.1, 0.15) is 26.3 Å². The fourth-order valence-electron chi connectivity index (χ4n) is 1.93. The molecule has 0 spiro atoms. The summed E-state index contributed by atoms with van der Waals surface area (Å²) in [5.41, 5.74) is -1.20. The molecule has 0 amide bonds. The predicted octanol–water partition coefficient (Wildman–Crippen LogP) is 1.62. The Balaban J connectivity index is 3.76. The molecule has 8 heteroatoms. The molecule has 19 heavy (non-hydrogen) atoms. The second-order valence-electron chi connectivity index (χ2n) is 5.37. The first-order chi connectivity index (χ1) is 8.55. The predicted molar refractivity (Wildman–Crippen MR) is 71.9 cm³/mol. The van der Waals surface area contributed by atoms with Crippen molar-refractivity contribution in [2.24, 2.45) is 0 Å². The highest BCUT2D eigenvalue weighted by Crippen LogP contribution is 2.37. The van der Waals surface area contributed by atoms with Crippen LogP contribution < -0.4 is 5.46 Å². The Hall–Kier alpha value is -1.96. The molecule has 1 rings (SSSR count).